The number of nitrogens with one attached hydrogen (secondary N) is 2. The monoisotopic (exact) mass is 379 g/mol. The third-order valence-electron chi connectivity index (χ3n) is 2.88. The number of aryl methyl sites for hydroxylation is 1. The summed E-state index contributed by atoms with van der Waals surface area (Å²) >= 11 is 9.27. The van der Waals surface area contributed by atoms with Gasteiger partial charge < -0.3 is 5.32 Å². The number of hydrogen-bond donors (Lipinski definition) is 2. The summed E-state index contributed by atoms with van der Waals surface area (Å²) in [5.41, 5.74) is 5.23. The largest absolute Gasteiger partial charge is 0.376 e. The Bertz CT molecular complexity index is 704. The Morgan fingerprint density at radius 2 is 2.14 bits per heavy atom. The number of carbonyl (C=O) groups is 1. The zero-order chi connectivity index (χ0) is 15.9. The Morgan fingerprint density at radius 3 is 2.86 bits per heavy atom. The molecule has 0 fully saturated rings. The molecule has 2 aromatic carbocycles. The molecule has 0 unspecified atom stereocenters. The summed E-state index contributed by atoms with van der Waals surface area (Å²) in [7, 11) is 0. The van der Waals surface area contributed by atoms with Crippen LogP contribution in [0.4, 0.5) is 5.69 Å². The molecule has 0 aliphatic heterocycles. The number of carbonyl (C=O) groups excluding carboxylic acids is 1. The van der Waals surface area contributed by atoms with Gasteiger partial charge in [-0.1, -0.05) is 39.7 Å². The van der Waals surface area contributed by atoms with Crippen LogP contribution in [0, 0.1) is 6.92 Å². The Kier molecular flexibility index (Phi) is 5.98. The topological polar surface area (TPSA) is 53.5 Å². The van der Waals surface area contributed by atoms with Crippen LogP contribution < -0.4 is 10.7 Å². The Hall–Kier alpha value is -1.85. The fourth-order valence-electron chi connectivity index (χ4n) is 1.81. The molecule has 0 bridgehead atoms. The summed E-state index contributed by atoms with van der Waals surface area (Å²) in [4.78, 5) is 11.7. The van der Waals surface area contributed by atoms with E-state index in [0.29, 0.717) is 5.02 Å². The number of hydrazone groups is 1. The van der Waals surface area contributed by atoms with Crippen molar-refractivity contribution >= 4 is 45.3 Å². The summed E-state index contributed by atoms with van der Waals surface area (Å²) in [5, 5.41) is 7.64. The molecule has 2 N–H and O–H groups in total. The molecule has 6 heteroatoms. The predicted octanol–water partition coefficient (Wildman–Crippen LogP) is 3.97. The second kappa shape index (κ2) is 7.96. The summed E-state index contributed by atoms with van der Waals surface area (Å²) in [5.74, 6) is -0.222. The molecule has 1 amide bonds. The molecular weight excluding hydrogens is 366 g/mol. The molecule has 0 aliphatic rings. The van der Waals surface area contributed by atoms with Crippen LogP contribution in [0.1, 0.15) is 11.1 Å². The van der Waals surface area contributed by atoms with Gasteiger partial charge >= 0.3 is 0 Å². The van der Waals surface area contributed by atoms with Gasteiger partial charge in [0.05, 0.1) is 12.8 Å². The van der Waals surface area contributed by atoms with Gasteiger partial charge in [-0.25, -0.2) is 5.43 Å². The molecule has 0 spiro atoms. The number of benzene rings is 2. The van der Waals surface area contributed by atoms with Gasteiger partial charge in [0.15, 0.2) is 0 Å². The van der Waals surface area contributed by atoms with E-state index in [4.69, 9.17) is 11.6 Å². The van der Waals surface area contributed by atoms with Gasteiger partial charge in [-0.2, -0.15) is 5.10 Å². The molecule has 22 heavy (non-hydrogen) atoms. The lowest BCUT2D eigenvalue weighted by Crippen LogP contribution is -2.26. The van der Waals surface area contributed by atoms with Crippen molar-refractivity contribution in [2.75, 3.05) is 11.9 Å². The molecule has 114 valence electrons. The summed E-state index contributed by atoms with van der Waals surface area (Å²) in [6.07, 6.45) is 1.59. The van der Waals surface area contributed by atoms with Gasteiger partial charge in [-0.05, 0) is 48.4 Å². The molecule has 0 saturated carbocycles. The quantitative estimate of drug-likeness (QED) is 0.609. The van der Waals surface area contributed by atoms with E-state index in [1.807, 2.05) is 43.3 Å². The van der Waals surface area contributed by atoms with Crippen molar-refractivity contribution in [3.05, 3.63) is 63.1 Å². The maximum absolute atomic E-state index is 11.7. The number of amides is 1. The lowest BCUT2D eigenvalue weighted by atomic mass is 10.2. The zero-order valence-corrected chi connectivity index (χ0v) is 14.3. The van der Waals surface area contributed by atoms with Gasteiger partial charge in [0.1, 0.15) is 0 Å². The minimum Gasteiger partial charge on any atom is -0.376 e. The van der Waals surface area contributed by atoms with Crippen LogP contribution in [0.5, 0.6) is 0 Å². The van der Waals surface area contributed by atoms with E-state index in [9.17, 15) is 4.79 Å². The lowest BCUT2D eigenvalue weighted by Gasteiger charge is -2.08. The third-order valence-corrected chi connectivity index (χ3v) is 3.61. The van der Waals surface area contributed by atoms with E-state index < -0.39 is 0 Å². The molecule has 2 aromatic rings. The van der Waals surface area contributed by atoms with Crippen LogP contribution in [-0.2, 0) is 4.79 Å². The minimum atomic E-state index is -0.222. The van der Waals surface area contributed by atoms with Crippen molar-refractivity contribution in [3.63, 3.8) is 0 Å². The molecule has 0 radical (unpaired) electrons. The normalized spacial score (nSPS) is 10.7. The number of rotatable bonds is 5. The SMILES string of the molecule is Cc1cc(Cl)ccc1NCC(=O)N/N=C/c1cccc(Br)c1. The highest BCUT2D eigenvalue weighted by molar-refractivity contribution is 9.10. The molecule has 2 rings (SSSR count). The van der Waals surface area contributed by atoms with Crippen LogP contribution in [0.15, 0.2) is 52.0 Å². The van der Waals surface area contributed by atoms with Crippen LogP contribution >= 0.6 is 27.5 Å². The van der Waals surface area contributed by atoms with Crippen molar-refractivity contribution < 1.29 is 4.79 Å². The first-order valence-corrected chi connectivity index (χ1v) is 7.79. The van der Waals surface area contributed by atoms with Crippen LogP contribution in [0.2, 0.25) is 5.02 Å². The van der Waals surface area contributed by atoms with Gasteiger partial charge in [-0.15, -0.1) is 0 Å². The average molecular weight is 381 g/mol. The second-order valence-corrected chi connectivity index (χ2v) is 6.01. The van der Waals surface area contributed by atoms with Crippen LogP contribution in [0.25, 0.3) is 0 Å². The summed E-state index contributed by atoms with van der Waals surface area (Å²) < 4.78 is 0.961. The standard InChI is InChI=1S/C16H15BrClN3O/c1-11-7-14(18)5-6-15(11)19-10-16(22)21-20-9-12-3-2-4-13(17)8-12/h2-9,19H,10H2,1H3,(H,21,22)/b20-9+. The third kappa shape index (κ3) is 5.16. The molecule has 0 heterocycles. The van der Waals surface area contributed by atoms with E-state index in [-0.39, 0.29) is 12.5 Å². The zero-order valence-electron chi connectivity index (χ0n) is 11.9. The fraction of sp³-hybridized carbons (Fsp3) is 0.125. The smallest absolute Gasteiger partial charge is 0.259 e. The molecule has 0 atom stereocenters. The number of anilines is 1. The van der Waals surface area contributed by atoms with Crippen molar-refractivity contribution in [2.24, 2.45) is 5.10 Å². The predicted molar refractivity (Wildman–Crippen MR) is 94.6 cm³/mol. The van der Waals surface area contributed by atoms with E-state index in [1.54, 1.807) is 12.3 Å². The molecule has 4 nitrogen and oxygen atoms in total. The van der Waals surface area contributed by atoms with Gasteiger partial charge in [0.2, 0.25) is 0 Å². The van der Waals surface area contributed by atoms with Crippen molar-refractivity contribution in [1.82, 2.24) is 5.43 Å². The molecule has 0 aromatic heterocycles. The maximum atomic E-state index is 11.7. The summed E-state index contributed by atoms with van der Waals surface area (Å²) in [6.45, 7) is 2.07. The van der Waals surface area contributed by atoms with Crippen LogP contribution in [-0.4, -0.2) is 18.7 Å². The maximum Gasteiger partial charge on any atom is 0.259 e. The van der Waals surface area contributed by atoms with Crippen molar-refractivity contribution in [2.45, 2.75) is 6.92 Å². The van der Waals surface area contributed by atoms with Crippen molar-refractivity contribution in [3.8, 4) is 0 Å². The van der Waals surface area contributed by atoms with E-state index in [0.717, 1.165) is 21.3 Å². The van der Waals surface area contributed by atoms with Crippen molar-refractivity contribution in [1.29, 1.82) is 0 Å². The Labute approximate surface area is 142 Å². The van der Waals surface area contributed by atoms with Gasteiger partial charge in [0.25, 0.3) is 5.91 Å². The molecule has 0 aliphatic carbocycles. The average Bonchev–Trinajstić information content (AvgIpc) is 2.46. The second-order valence-electron chi connectivity index (χ2n) is 4.66. The first kappa shape index (κ1) is 16.5. The number of hydrogen-bond acceptors (Lipinski definition) is 3. The molecule has 0 saturated heterocycles. The highest BCUT2D eigenvalue weighted by atomic mass is 79.9. The minimum absolute atomic E-state index is 0.137. The van der Waals surface area contributed by atoms with Gasteiger partial charge in [0, 0.05) is 15.2 Å². The first-order valence-electron chi connectivity index (χ1n) is 6.62. The fourth-order valence-corrected chi connectivity index (χ4v) is 2.45. The highest BCUT2D eigenvalue weighted by Crippen LogP contribution is 2.19. The number of nitrogens with zero attached hydrogens (tertiary/aromatic N) is 1. The Balaban J connectivity index is 1.83. The van der Waals surface area contributed by atoms with E-state index in [2.05, 4.69) is 31.8 Å². The first-order chi connectivity index (χ1) is 10.5. The lowest BCUT2D eigenvalue weighted by molar-refractivity contribution is -0.119. The molecular formula is C16H15BrClN3O. The van der Waals surface area contributed by atoms with Gasteiger partial charge in [-0.3, -0.25) is 4.79 Å². The van der Waals surface area contributed by atoms with Crippen LogP contribution in [0.3, 0.4) is 0 Å². The van der Waals surface area contributed by atoms with E-state index >= 15 is 0 Å². The highest BCUT2D eigenvalue weighted by Gasteiger charge is 2.02. The number of halogens is 2. The van der Waals surface area contributed by atoms with E-state index in [1.165, 1.54) is 0 Å². The summed E-state index contributed by atoms with van der Waals surface area (Å²) in [6, 6.07) is 13.1. The Morgan fingerprint density at radius 1 is 1.32 bits per heavy atom.